The van der Waals surface area contributed by atoms with Crippen molar-refractivity contribution in [3.63, 3.8) is 0 Å². The Morgan fingerprint density at radius 2 is 2.21 bits per heavy atom. The Morgan fingerprint density at radius 1 is 1.42 bits per heavy atom. The SMILES string of the molecule is CC(CNCC1CCCO1)OCc1ccc(Cl)cc1. The smallest absolute Gasteiger partial charge is 0.0721 e. The predicted octanol–water partition coefficient (Wildman–Crippen LogP) is 3.01. The van der Waals surface area contributed by atoms with Crippen LogP contribution < -0.4 is 5.32 Å². The van der Waals surface area contributed by atoms with Gasteiger partial charge in [0.05, 0.1) is 18.8 Å². The minimum atomic E-state index is 0.192. The van der Waals surface area contributed by atoms with E-state index in [0.717, 1.165) is 30.3 Å². The molecule has 2 rings (SSSR count). The molecule has 1 heterocycles. The maximum Gasteiger partial charge on any atom is 0.0721 e. The Labute approximate surface area is 120 Å². The molecular formula is C15H22ClNO2. The molecule has 1 aliphatic heterocycles. The highest BCUT2D eigenvalue weighted by Gasteiger charge is 2.14. The van der Waals surface area contributed by atoms with Gasteiger partial charge in [0.25, 0.3) is 0 Å². The Hall–Kier alpha value is -0.610. The van der Waals surface area contributed by atoms with Crippen molar-refractivity contribution in [1.29, 1.82) is 0 Å². The molecule has 0 spiro atoms. The van der Waals surface area contributed by atoms with Crippen LogP contribution in [0.2, 0.25) is 5.02 Å². The van der Waals surface area contributed by atoms with Gasteiger partial charge in [-0.25, -0.2) is 0 Å². The largest absolute Gasteiger partial charge is 0.377 e. The normalized spacial score (nSPS) is 20.6. The number of ether oxygens (including phenoxy) is 2. The molecule has 1 aliphatic rings. The summed E-state index contributed by atoms with van der Waals surface area (Å²) in [6, 6.07) is 7.77. The van der Waals surface area contributed by atoms with Gasteiger partial charge in [-0.3, -0.25) is 0 Å². The highest BCUT2D eigenvalue weighted by molar-refractivity contribution is 6.30. The van der Waals surface area contributed by atoms with E-state index < -0.39 is 0 Å². The van der Waals surface area contributed by atoms with Gasteiger partial charge < -0.3 is 14.8 Å². The van der Waals surface area contributed by atoms with Crippen molar-refractivity contribution < 1.29 is 9.47 Å². The zero-order valence-corrected chi connectivity index (χ0v) is 12.2. The lowest BCUT2D eigenvalue weighted by Gasteiger charge is -2.16. The molecule has 1 saturated heterocycles. The van der Waals surface area contributed by atoms with Crippen molar-refractivity contribution in [3.8, 4) is 0 Å². The van der Waals surface area contributed by atoms with Gasteiger partial charge in [-0.15, -0.1) is 0 Å². The summed E-state index contributed by atoms with van der Waals surface area (Å²) >= 11 is 5.84. The fourth-order valence-corrected chi connectivity index (χ4v) is 2.26. The van der Waals surface area contributed by atoms with Crippen LogP contribution in [0.1, 0.15) is 25.3 Å². The first-order valence-corrected chi connectivity index (χ1v) is 7.30. The fraction of sp³-hybridized carbons (Fsp3) is 0.600. The quantitative estimate of drug-likeness (QED) is 0.834. The Balaban J connectivity index is 1.58. The van der Waals surface area contributed by atoms with Crippen LogP contribution in [-0.4, -0.2) is 31.9 Å². The van der Waals surface area contributed by atoms with Gasteiger partial charge >= 0.3 is 0 Å². The van der Waals surface area contributed by atoms with Gasteiger partial charge in [0, 0.05) is 24.7 Å². The van der Waals surface area contributed by atoms with Crippen LogP contribution in [-0.2, 0) is 16.1 Å². The summed E-state index contributed by atoms with van der Waals surface area (Å²) in [4.78, 5) is 0. The number of halogens is 1. The van der Waals surface area contributed by atoms with E-state index in [1.807, 2.05) is 24.3 Å². The van der Waals surface area contributed by atoms with E-state index in [1.54, 1.807) is 0 Å². The number of rotatable bonds is 7. The second-order valence-electron chi connectivity index (χ2n) is 5.04. The van der Waals surface area contributed by atoms with Crippen LogP contribution in [0.3, 0.4) is 0 Å². The van der Waals surface area contributed by atoms with Crippen LogP contribution >= 0.6 is 11.6 Å². The molecule has 2 atom stereocenters. The van der Waals surface area contributed by atoms with E-state index in [-0.39, 0.29) is 6.10 Å². The third-order valence-corrected chi connectivity index (χ3v) is 3.53. The van der Waals surface area contributed by atoms with E-state index >= 15 is 0 Å². The minimum Gasteiger partial charge on any atom is -0.377 e. The van der Waals surface area contributed by atoms with Gasteiger partial charge in [-0.05, 0) is 37.5 Å². The second-order valence-corrected chi connectivity index (χ2v) is 5.48. The van der Waals surface area contributed by atoms with Crippen LogP contribution in [0.5, 0.6) is 0 Å². The summed E-state index contributed by atoms with van der Waals surface area (Å²) < 4.78 is 11.3. The first kappa shape index (κ1) is 14.8. The van der Waals surface area contributed by atoms with Gasteiger partial charge in [-0.2, -0.15) is 0 Å². The summed E-state index contributed by atoms with van der Waals surface area (Å²) in [5.41, 5.74) is 1.15. The molecule has 0 radical (unpaired) electrons. The Morgan fingerprint density at radius 3 is 2.89 bits per heavy atom. The van der Waals surface area contributed by atoms with E-state index in [1.165, 1.54) is 12.8 Å². The minimum absolute atomic E-state index is 0.192. The topological polar surface area (TPSA) is 30.5 Å². The zero-order chi connectivity index (χ0) is 13.5. The molecule has 1 aromatic carbocycles. The molecule has 0 aromatic heterocycles. The maximum absolute atomic E-state index is 5.84. The average Bonchev–Trinajstić information content (AvgIpc) is 2.91. The van der Waals surface area contributed by atoms with E-state index in [0.29, 0.717) is 12.7 Å². The molecule has 2 unspecified atom stereocenters. The van der Waals surface area contributed by atoms with Crippen LogP contribution in [0, 0.1) is 0 Å². The molecule has 0 amide bonds. The number of hydrogen-bond donors (Lipinski definition) is 1. The molecular weight excluding hydrogens is 262 g/mol. The van der Waals surface area contributed by atoms with Crippen molar-refractivity contribution in [2.75, 3.05) is 19.7 Å². The van der Waals surface area contributed by atoms with Crippen LogP contribution in [0.25, 0.3) is 0 Å². The summed E-state index contributed by atoms with van der Waals surface area (Å²) in [7, 11) is 0. The van der Waals surface area contributed by atoms with E-state index in [9.17, 15) is 0 Å². The molecule has 1 fully saturated rings. The third kappa shape index (κ3) is 5.49. The number of nitrogens with one attached hydrogen (secondary N) is 1. The number of hydrogen-bond acceptors (Lipinski definition) is 3. The molecule has 0 aliphatic carbocycles. The predicted molar refractivity (Wildman–Crippen MR) is 77.5 cm³/mol. The van der Waals surface area contributed by atoms with Crippen molar-refractivity contribution in [2.45, 2.75) is 38.6 Å². The van der Waals surface area contributed by atoms with E-state index in [4.69, 9.17) is 21.1 Å². The maximum atomic E-state index is 5.84. The first-order valence-electron chi connectivity index (χ1n) is 6.92. The van der Waals surface area contributed by atoms with Gasteiger partial charge in [0.15, 0.2) is 0 Å². The summed E-state index contributed by atoms with van der Waals surface area (Å²) in [5.74, 6) is 0. The van der Waals surface area contributed by atoms with Crippen molar-refractivity contribution in [3.05, 3.63) is 34.9 Å². The number of benzene rings is 1. The molecule has 1 N–H and O–H groups in total. The molecule has 1 aromatic rings. The van der Waals surface area contributed by atoms with Crippen molar-refractivity contribution >= 4 is 11.6 Å². The standard InChI is InChI=1S/C15H22ClNO2/c1-12(9-17-10-15-3-2-8-18-15)19-11-13-4-6-14(16)7-5-13/h4-7,12,15,17H,2-3,8-11H2,1H3. The third-order valence-electron chi connectivity index (χ3n) is 3.28. The highest BCUT2D eigenvalue weighted by atomic mass is 35.5. The lowest BCUT2D eigenvalue weighted by Crippen LogP contribution is -2.32. The first-order chi connectivity index (χ1) is 9.24. The van der Waals surface area contributed by atoms with Crippen molar-refractivity contribution in [2.24, 2.45) is 0 Å². The highest BCUT2D eigenvalue weighted by Crippen LogP contribution is 2.12. The molecule has 19 heavy (non-hydrogen) atoms. The zero-order valence-electron chi connectivity index (χ0n) is 11.4. The molecule has 106 valence electrons. The van der Waals surface area contributed by atoms with Crippen LogP contribution in [0.4, 0.5) is 0 Å². The van der Waals surface area contributed by atoms with Crippen molar-refractivity contribution in [1.82, 2.24) is 5.32 Å². The van der Waals surface area contributed by atoms with E-state index in [2.05, 4.69) is 12.2 Å². The lowest BCUT2D eigenvalue weighted by molar-refractivity contribution is 0.0486. The second kappa shape index (κ2) is 7.85. The summed E-state index contributed by atoms with van der Waals surface area (Å²) in [6.45, 7) is 5.40. The van der Waals surface area contributed by atoms with Gasteiger partial charge in [0.2, 0.25) is 0 Å². The summed E-state index contributed by atoms with van der Waals surface area (Å²) in [5, 5.41) is 4.16. The van der Waals surface area contributed by atoms with Gasteiger partial charge in [-0.1, -0.05) is 23.7 Å². The fourth-order valence-electron chi connectivity index (χ4n) is 2.13. The average molecular weight is 284 g/mol. The summed E-state index contributed by atoms with van der Waals surface area (Å²) in [6.07, 6.45) is 2.95. The van der Waals surface area contributed by atoms with Crippen LogP contribution in [0.15, 0.2) is 24.3 Å². The van der Waals surface area contributed by atoms with Gasteiger partial charge in [0.1, 0.15) is 0 Å². The molecule has 0 bridgehead atoms. The molecule has 0 saturated carbocycles. The lowest BCUT2D eigenvalue weighted by atomic mass is 10.2. The molecule has 4 heteroatoms. The monoisotopic (exact) mass is 283 g/mol. The Kier molecular flexibility index (Phi) is 6.11. The Bertz CT molecular complexity index is 363. The molecule has 3 nitrogen and oxygen atoms in total.